The molecule has 3 N–H and O–H groups in total. The van der Waals surface area contributed by atoms with Gasteiger partial charge in [-0.3, -0.25) is 14.4 Å². The summed E-state index contributed by atoms with van der Waals surface area (Å²) in [5.41, 5.74) is 3.00. The Bertz CT molecular complexity index is 2590. The van der Waals surface area contributed by atoms with Gasteiger partial charge in [0.1, 0.15) is 42.5 Å². The number of phenolic OH excluding ortho intramolecular Hbond substituents is 1. The smallest absolute Gasteiger partial charge is 0.246 e. The lowest BCUT2D eigenvalue weighted by molar-refractivity contribution is -0.144. The van der Waals surface area contributed by atoms with Crippen molar-refractivity contribution in [2.24, 2.45) is 5.41 Å². The zero-order valence-corrected chi connectivity index (χ0v) is 40.7. The van der Waals surface area contributed by atoms with Gasteiger partial charge >= 0.3 is 0 Å². The second kappa shape index (κ2) is 22.8. The monoisotopic (exact) mass is 996 g/mol. The number of aromatic nitrogens is 1. The molecule has 3 heterocycles. The van der Waals surface area contributed by atoms with Crippen LogP contribution in [0, 0.1) is 12.3 Å². The lowest BCUT2D eigenvalue weighted by atomic mass is 9.85. The standard InChI is InChI=1S/C51H57BrN4O10S/c1-32(34-8-10-35(11-9-34)45-33(2)53-31-65-45)54-49(59)42-7-6-22-56(42)50(60)48(51(3,4)5)55-44(58)30-63-26-25-61-23-24-62-27-28-64-39-17-19-40(20-18-39)66-46-41-21-16-38(57)29-43(41)67-47(46)36-12-14-37(52)15-13-36/h8-21,29,31-32,42,48,57H,6-7,22-28,30H2,1-5H3,(H,54,59)(H,55,58)/t32-,42-,48?/m0/s1. The average molecular weight is 998 g/mol. The van der Waals surface area contributed by atoms with E-state index in [0.717, 1.165) is 47.6 Å². The van der Waals surface area contributed by atoms with Crippen molar-refractivity contribution in [3.63, 3.8) is 0 Å². The quantitative estimate of drug-likeness (QED) is 0.0587. The highest BCUT2D eigenvalue weighted by molar-refractivity contribution is 9.10. The van der Waals surface area contributed by atoms with E-state index in [9.17, 15) is 19.5 Å². The molecule has 1 saturated heterocycles. The third-order valence-corrected chi connectivity index (χ3v) is 13.0. The summed E-state index contributed by atoms with van der Waals surface area (Å²) in [5.74, 6) is 2.00. The molecule has 1 fully saturated rings. The molecule has 1 aliphatic rings. The van der Waals surface area contributed by atoms with Gasteiger partial charge in [-0.2, -0.15) is 0 Å². The fraction of sp³-hybridized carbons (Fsp3) is 0.373. The Balaban J connectivity index is 0.770. The number of hydrogen-bond donors (Lipinski definition) is 3. The molecule has 0 saturated carbocycles. The summed E-state index contributed by atoms with van der Waals surface area (Å²) in [7, 11) is 0. The van der Waals surface area contributed by atoms with Crippen LogP contribution < -0.4 is 20.1 Å². The van der Waals surface area contributed by atoms with Crippen molar-refractivity contribution in [2.75, 3.05) is 52.8 Å². The summed E-state index contributed by atoms with van der Waals surface area (Å²) >= 11 is 5.07. The summed E-state index contributed by atoms with van der Waals surface area (Å²) in [6.45, 7) is 11.4. The number of carbonyl (C=O) groups excluding carboxylic acids is 3. The Morgan fingerprint density at radius 2 is 1.52 bits per heavy atom. The number of carbonyl (C=O) groups is 3. The first-order chi connectivity index (χ1) is 32.2. The maximum absolute atomic E-state index is 14.0. The third kappa shape index (κ3) is 13.0. The second-order valence-corrected chi connectivity index (χ2v) is 19.3. The van der Waals surface area contributed by atoms with Crippen LogP contribution in [0.3, 0.4) is 0 Å². The van der Waals surface area contributed by atoms with Gasteiger partial charge in [0.15, 0.2) is 17.9 Å². The molecule has 3 atom stereocenters. The first-order valence-corrected chi connectivity index (χ1v) is 23.9. The molecule has 354 valence electrons. The Kier molecular flexibility index (Phi) is 16.7. The van der Waals surface area contributed by atoms with Crippen molar-refractivity contribution in [3.8, 4) is 44.8 Å². The molecule has 0 bridgehead atoms. The maximum atomic E-state index is 14.0. The van der Waals surface area contributed by atoms with Crippen molar-refractivity contribution in [3.05, 3.63) is 113 Å². The third-order valence-electron chi connectivity index (χ3n) is 11.3. The number of aromatic hydroxyl groups is 1. The summed E-state index contributed by atoms with van der Waals surface area (Å²) in [6.07, 6.45) is 2.63. The summed E-state index contributed by atoms with van der Waals surface area (Å²) in [6, 6.07) is 26.7. The Morgan fingerprint density at radius 1 is 0.866 bits per heavy atom. The molecule has 67 heavy (non-hydrogen) atoms. The van der Waals surface area contributed by atoms with Gasteiger partial charge in [0.2, 0.25) is 17.7 Å². The van der Waals surface area contributed by atoms with Crippen molar-refractivity contribution in [1.29, 1.82) is 0 Å². The summed E-state index contributed by atoms with van der Waals surface area (Å²) < 4.78 is 36.5. The number of likely N-dealkylation sites (tertiary alicyclic amines) is 1. The normalized spacial score (nSPS) is 14.8. The van der Waals surface area contributed by atoms with E-state index in [0.29, 0.717) is 63.1 Å². The number of benzene rings is 4. The molecular weight excluding hydrogens is 941 g/mol. The SMILES string of the molecule is Cc1ncoc1-c1ccc([C@H](C)NC(=O)[C@@H]2CCCN2C(=O)C(NC(=O)COCCOCCOCCOc2ccc(Oc3c(-c4ccc(Br)cc4)sc4cc(O)ccc34)cc2)C(C)(C)C)cc1. The highest BCUT2D eigenvalue weighted by Gasteiger charge is 2.42. The van der Waals surface area contributed by atoms with Crippen LogP contribution in [0.2, 0.25) is 0 Å². The van der Waals surface area contributed by atoms with Crippen molar-refractivity contribution >= 4 is 55.1 Å². The lowest BCUT2D eigenvalue weighted by Gasteiger charge is -2.35. The summed E-state index contributed by atoms with van der Waals surface area (Å²) in [5, 5.41) is 16.9. The van der Waals surface area contributed by atoms with E-state index in [-0.39, 0.29) is 43.4 Å². The minimum Gasteiger partial charge on any atom is -0.508 e. The van der Waals surface area contributed by atoms with Crippen LogP contribution in [0.15, 0.2) is 106 Å². The number of oxazole rings is 1. The maximum Gasteiger partial charge on any atom is 0.246 e. The number of halogens is 1. The second-order valence-electron chi connectivity index (χ2n) is 17.3. The predicted molar refractivity (Wildman–Crippen MR) is 260 cm³/mol. The van der Waals surface area contributed by atoms with E-state index in [1.165, 1.54) is 6.39 Å². The van der Waals surface area contributed by atoms with Gasteiger partial charge in [-0.15, -0.1) is 11.3 Å². The van der Waals surface area contributed by atoms with Gasteiger partial charge in [-0.1, -0.05) is 73.1 Å². The number of phenols is 1. The van der Waals surface area contributed by atoms with Gasteiger partial charge in [0, 0.05) is 26.7 Å². The molecule has 6 aromatic rings. The molecule has 3 amide bonds. The number of nitrogens with zero attached hydrogens (tertiary/aromatic N) is 2. The highest BCUT2D eigenvalue weighted by Crippen LogP contribution is 2.47. The van der Waals surface area contributed by atoms with Crippen LogP contribution >= 0.6 is 27.3 Å². The minimum atomic E-state index is -0.862. The zero-order valence-electron chi connectivity index (χ0n) is 38.3. The molecule has 7 rings (SSSR count). The Labute approximate surface area is 403 Å². The van der Waals surface area contributed by atoms with Gasteiger partial charge in [0.05, 0.1) is 49.6 Å². The molecule has 1 aliphatic heterocycles. The van der Waals surface area contributed by atoms with E-state index in [4.69, 9.17) is 28.1 Å². The van der Waals surface area contributed by atoms with Gasteiger partial charge in [-0.25, -0.2) is 4.98 Å². The van der Waals surface area contributed by atoms with E-state index in [2.05, 4.69) is 31.5 Å². The number of rotatable bonds is 21. The van der Waals surface area contributed by atoms with Crippen LogP contribution in [0.25, 0.3) is 31.9 Å². The number of aryl methyl sites for hydroxylation is 1. The van der Waals surface area contributed by atoms with E-state index < -0.39 is 23.4 Å². The largest absolute Gasteiger partial charge is 0.508 e. The lowest BCUT2D eigenvalue weighted by Crippen LogP contribution is -2.58. The molecule has 2 aromatic heterocycles. The molecule has 14 nitrogen and oxygen atoms in total. The van der Waals surface area contributed by atoms with Crippen LogP contribution in [-0.4, -0.2) is 97.6 Å². The fourth-order valence-corrected chi connectivity index (χ4v) is 9.15. The first kappa shape index (κ1) is 49.1. The highest BCUT2D eigenvalue weighted by atomic mass is 79.9. The van der Waals surface area contributed by atoms with Crippen LogP contribution in [0.1, 0.15) is 57.8 Å². The number of fused-ring (bicyclic) bond motifs is 1. The van der Waals surface area contributed by atoms with E-state index in [1.807, 2.05) is 113 Å². The van der Waals surface area contributed by atoms with Crippen LogP contribution in [0.5, 0.6) is 23.0 Å². The van der Waals surface area contributed by atoms with Gasteiger partial charge in [-0.05, 0) is 97.8 Å². The zero-order chi connectivity index (χ0) is 47.5. The molecule has 0 spiro atoms. The number of amides is 3. The molecule has 0 aliphatic carbocycles. The Hall–Kier alpha value is -5.78. The molecule has 16 heteroatoms. The van der Waals surface area contributed by atoms with Crippen LogP contribution in [-0.2, 0) is 28.6 Å². The molecule has 1 unspecified atom stereocenters. The molecule has 0 radical (unpaired) electrons. The number of thiophene rings is 1. The fourth-order valence-electron chi connectivity index (χ4n) is 7.71. The summed E-state index contributed by atoms with van der Waals surface area (Å²) in [4.78, 5) is 47.3. The number of nitrogens with one attached hydrogen (secondary N) is 2. The van der Waals surface area contributed by atoms with Crippen molar-refractivity contribution in [1.82, 2.24) is 20.5 Å². The van der Waals surface area contributed by atoms with E-state index >= 15 is 0 Å². The van der Waals surface area contributed by atoms with Crippen molar-refractivity contribution < 1.29 is 47.6 Å². The number of ether oxygens (including phenoxy) is 5. The van der Waals surface area contributed by atoms with Crippen molar-refractivity contribution in [2.45, 2.75) is 65.6 Å². The van der Waals surface area contributed by atoms with Crippen LogP contribution in [0.4, 0.5) is 0 Å². The topological polar surface area (TPSA) is 171 Å². The van der Waals surface area contributed by atoms with Gasteiger partial charge < -0.3 is 48.7 Å². The average Bonchev–Trinajstić information content (AvgIpc) is 4.07. The van der Waals surface area contributed by atoms with E-state index in [1.54, 1.807) is 28.4 Å². The molecule has 4 aromatic carbocycles. The first-order valence-electron chi connectivity index (χ1n) is 22.3. The predicted octanol–water partition coefficient (Wildman–Crippen LogP) is 9.62. The van der Waals surface area contributed by atoms with Gasteiger partial charge in [0.25, 0.3) is 0 Å². The molecular formula is C51H57BrN4O10S. The minimum absolute atomic E-state index is 0.178. The Morgan fingerprint density at radius 3 is 2.19 bits per heavy atom. The number of hydrogen-bond acceptors (Lipinski definition) is 12.